The van der Waals surface area contributed by atoms with Gasteiger partial charge >= 0.3 is 0 Å². The van der Waals surface area contributed by atoms with Gasteiger partial charge in [0.1, 0.15) is 0 Å². The fourth-order valence-electron chi connectivity index (χ4n) is 3.46. The number of aryl methyl sites for hydroxylation is 1. The van der Waals surface area contributed by atoms with Crippen molar-refractivity contribution in [3.05, 3.63) is 34.9 Å². The molecule has 0 aromatic heterocycles. The predicted molar refractivity (Wildman–Crippen MR) is 84.4 cm³/mol. The summed E-state index contributed by atoms with van der Waals surface area (Å²) in [5, 5.41) is 0. The van der Waals surface area contributed by atoms with E-state index in [2.05, 4.69) is 24.8 Å². The lowest BCUT2D eigenvalue weighted by atomic mass is 9.83. The molecule has 110 valence electrons. The Labute approximate surface area is 123 Å². The second-order valence-corrected chi connectivity index (χ2v) is 5.93. The Kier molecular flexibility index (Phi) is 5.36. The lowest BCUT2D eigenvalue weighted by molar-refractivity contribution is 0.101. The molecule has 20 heavy (non-hydrogen) atoms. The van der Waals surface area contributed by atoms with E-state index < -0.39 is 0 Å². The number of Topliss-reactive ketones (excluding diaryl/α,β-unsaturated/α-hetero) is 1. The molecule has 0 radical (unpaired) electrons. The molecule has 1 atom stereocenters. The molecular weight excluding hydrogens is 246 g/mol. The highest BCUT2D eigenvalue weighted by atomic mass is 16.1. The highest BCUT2D eigenvalue weighted by Crippen LogP contribution is 2.28. The zero-order valence-electron chi connectivity index (χ0n) is 13.1. The minimum atomic E-state index is 0.208. The summed E-state index contributed by atoms with van der Waals surface area (Å²) in [4.78, 5) is 14.5. The lowest BCUT2D eigenvalue weighted by Gasteiger charge is -2.35. The van der Waals surface area contributed by atoms with Gasteiger partial charge in [0.2, 0.25) is 0 Å². The average Bonchev–Trinajstić information content (AvgIpc) is 2.45. The van der Waals surface area contributed by atoms with Crippen LogP contribution in [0.5, 0.6) is 0 Å². The third kappa shape index (κ3) is 3.29. The monoisotopic (exact) mass is 273 g/mol. The summed E-state index contributed by atoms with van der Waals surface area (Å²) < 4.78 is 0. The van der Waals surface area contributed by atoms with E-state index in [0.29, 0.717) is 6.04 Å². The fraction of sp³-hybridized carbons (Fsp3) is 0.611. The molecule has 0 bridgehead atoms. The van der Waals surface area contributed by atoms with Crippen LogP contribution in [0.25, 0.3) is 0 Å². The average molecular weight is 273 g/mol. The van der Waals surface area contributed by atoms with Gasteiger partial charge in [-0.05, 0) is 63.2 Å². The van der Waals surface area contributed by atoms with Crippen molar-refractivity contribution in [1.82, 2.24) is 4.90 Å². The van der Waals surface area contributed by atoms with Gasteiger partial charge in [-0.1, -0.05) is 32.0 Å². The zero-order chi connectivity index (χ0) is 14.5. The van der Waals surface area contributed by atoms with Crippen molar-refractivity contribution in [1.29, 1.82) is 0 Å². The SMILES string of the molecule is CCCN(CCC)[C@H]1CCc2cccc(C(C)=O)c2C1. The van der Waals surface area contributed by atoms with Gasteiger partial charge in [0.05, 0.1) is 0 Å². The number of fused-ring (bicyclic) bond motifs is 1. The van der Waals surface area contributed by atoms with Crippen LogP contribution in [0.15, 0.2) is 18.2 Å². The van der Waals surface area contributed by atoms with Crippen LogP contribution in [0.2, 0.25) is 0 Å². The van der Waals surface area contributed by atoms with Crippen LogP contribution in [-0.4, -0.2) is 29.8 Å². The van der Waals surface area contributed by atoms with E-state index in [1.807, 2.05) is 12.1 Å². The maximum absolute atomic E-state index is 11.8. The number of nitrogens with zero attached hydrogens (tertiary/aromatic N) is 1. The fourth-order valence-corrected chi connectivity index (χ4v) is 3.46. The van der Waals surface area contributed by atoms with E-state index in [0.717, 1.165) is 18.4 Å². The van der Waals surface area contributed by atoms with Crippen LogP contribution in [0.3, 0.4) is 0 Å². The van der Waals surface area contributed by atoms with Gasteiger partial charge in [-0.15, -0.1) is 0 Å². The maximum atomic E-state index is 11.8. The highest BCUT2D eigenvalue weighted by Gasteiger charge is 2.25. The predicted octanol–water partition coefficient (Wildman–Crippen LogP) is 3.87. The van der Waals surface area contributed by atoms with Gasteiger partial charge < -0.3 is 4.90 Å². The van der Waals surface area contributed by atoms with E-state index in [4.69, 9.17) is 0 Å². The minimum absolute atomic E-state index is 0.208. The molecule has 0 amide bonds. The smallest absolute Gasteiger partial charge is 0.160 e. The number of carbonyl (C=O) groups is 1. The first-order chi connectivity index (χ1) is 9.67. The number of rotatable bonds is 6. The van der Waals surface area contributed by atoms with Crippen molar-refractivity contribution in [2.45, 2.75) is 58.9 Å². The second kappa shape index (κ2) is 7.03. The number of benzene rings is 1. The summed E-state index contributed by atoms with van der Waals surface area (Å²) >= 11 is 0. The first-order valence-corrected chi connectivity index (χ1v) is 8.03. The molecule has 1 aromatic rings. The van der Waals surface area contributed by atoms with Crippen LogP contribution in [0, 0.1) is 0 Å². The lowest BCUT2D eigenvalue weighted by Crippen LogP contribution is -2.40. The summed E-state index contributed by atoms with van der Waals surface area (Å²) in [5.41, 5.74) is 3.65. The van der Waals surface area contributed by atoms with E-state index in [1.165, 1.54) is 43.5 Å². The first-order valence-electron chi connectivity index (χ1n) is 8.03. The molecule has 0 saturated heterocycles. The van der Waals surface area contributed by atoms with Crippen molar-refractivity contribution >= 4 is 5.78 Å². The molecule has 0 unspecified atom stereocenters. The third-order valence-electron chi connectivity index (χ3n) is 4.38. The normalized spacial score (nSPS) is 18.1. The van der Waals surface area contributed by atoms with E-state index in [9.17, 15) is 4.79 Å². The van der Waals surface area contributed by atoms with E-state index in [-0.39, 0.29) is 5.78 Å². The number of carbonyl (C=O) groups excluding carboxylic acids is 1. The molecule has 0 aliphatic heterocycles. The molecule has 1 aromatic carbocycles. The topological polar surface area (TPSA) is 20.3 Å². The maximum Gasteiger partial charge on any atom is 0.160 e. The van der Waals surface area contributed by atoms with Crippen LogP contribution in [0.1, 0.15) is 61.5 Å². The minimum Gasteiger partial charge on any atom is -0.300 e. The van der Waals surface area contributed by atoms with Gasteiger partial charge in [-0.25, -0.2) is 0 Å². The van der Waals surface area contributed by atoms with Crippen LogP contribution < -0.4 is 0 Å². The molecule has 1 aliphatic rings. The molecule has 2 rings (SSSR count). The Hall–Kier alpha value is -1.15. The largest absolute Gasteiger partial charge is 0.300 e. The number of hydrogen-bond donors (Lipinski definition) is 0. The second-order valence-electron chi connectivity index (χ2n) is 5.93. The standard InChI is InChI=1S/C18H27NO/c1-4-11-19(12-5-2)16-10-9-15-7-6-8-17(14(3)20)18(15)13-16/h6-8,16H,4-5,9-13H2,1-3H3/t16-/m0/s1. The molecule has 0 saturated carbocycles. The molecule has 2 heteroatoms. The van der Waals surface area contributed by atoms with Gasteiger partial charge in [-0.3, -0.25) is 4.79 Å². The Morgan fingerprint density at radius 1 is 1.25 bits per heavy atom. The summed E-state index contributed by atoms with van der Waals surface area (Å²) in [6, 6.07) is 6.84. The van der Waals surface area contributed by atoms with Crippen molar-refractivity contribution in [2.24, 2.45) is 0 Å². The zero-order valence-corrected chi connectivity index (χ0v) is 13.1. The Morgan fingerprint density at radius 3 is 2.55 bits per heavy atom. The summed E-state index contributed by atoms with van der Waals surface area (Å²) in [6.45, 7) is 8.54. The molecule has 2 nitrogen and oxygen atoms in total. The van der Waals surface area contributed by atoms with Crippen molar-refractivity contribution < 1.29 is 4.79 Å². The Balaban J connectivity index is 2.22. The molecule has 0 fully saturated rings. The van der Waals surface area contributed by atoms with Crippen molar-refractivity contribution in [2.75, 3.05) is 13.1 Å². The molecule has 0 spiro atoms. The molecule has 0 N–H and O–H groups in total. The van der Waals surface area contributed by atoms with Gasteiger partial charge in [0, 0.05) is 11.6 Å². The molecular formula is C18H27NO. The van der Waals surface area contributed by atoms with E-state index in [1.54, 1.807) is 6.92 Å². The van der Waals surface area contributed by atoms with Gasteiger partial charge in [-0.2, -0.15) is 0 Å². The van der Waals surface area contributed by atoms with Crippen LogP contribution in [-0.2, 0) is 12.8 Å². The summed E-state index contributed by atoms with van der Waals surface area (Å²) in [5.74, 6) is 0.208. The van der Waals surface area contributed by atoms with Crippen molar-refractivity contribution in [3.8, 4) is 0 Å². The Bertz CT molecular complexity index is 460. The summed E-state index contributed by atoms with van der Waals surface area (Å²) in [6.07, 6.45) is 5.81. The highest BCUT2D eigenvalue weighted by molar-refractivity contribution is 5.96. The van der Waals surface area contributed by atoms with E-state index >= 15 is 0 Å². The van der Waals surface area contributed by atoms with Gasteiger partial charge in [0.15, 0.2) is 5.78 Å². The van der Waals surface area contributed by atoms with Gasteiger partial charge in [0.25, 0.3) is 0 Å². The number of ketones is 1. The third-order valence-corrected chi connectivity index (χ3v) is 4.38. The van der Waals surface area contributed by atoms with Crippen LogP contribution >= 0.6 is 0 Å². The first kappa shape index (κ1) is 15.2. The Morgan fingerprint density at radius 2 is 1.95 bits per heavy atom. The molecule has 0 heterocycles. The van der Waals surface area contributed by atoms with Crippen molar-refractivity contribution in [3.63, 3.8) is 0 Å². The molecule has 1 aliphatic carbocycles. The quantitative estimate of drug-likeness (QED) is 0.733. The number of hydrogen-bond acceptors (Lipinski definition) is 2. The van der Waals surface area contributed by atoms with Crippen LogP contribution in [0.4, 0.5) is 0 Å². The summed E-state index contributed by atoms with van der Waals surface area (Å²) in [7, 11) is 0.